The Balaban J connectivity index is 1.99. The molecule has 2 rings (SSSR count). The van der Waals surface area contributed by atoms with Crippen molar-refractivity contribution >= 4 is 0 Å². The molecule has 1 saturated heterocycles. The fourth-order valence-electron chi connectivity index (χ4n) is 3.52. The van der Waals surface area contributed by atoms with Crippen molar-refractivity contribution < 1.29 is 14.2 Å². The third-order valence-electron chi connectivity index (χ3n) is 4.67. The summed E-state index contributed by atoms with van der Waals surface area (Å²) in [6, 6.07) is 10.3. The van der Waals surface area contributed by atoms with E-state index in [-0.39, 0.29) is 17.6 Å². The van der Waals surface area contributed by atoms with Gasteiger partial charge in [0.1, 0.15) is 0 Å². The van der Waals surface area contributed by atoms with Crippen molar-refractivity contribution in [2.75, 3.05) is 6.61 Å². The molecule has 1 aliphatic heterocycles. The predicted molar refractivity (Wildman–Crippen MR) is 93.2 cm³/mol. The van der Waals surface area contributed by atoms with Crippen LogP contribution in [-0.4, -0.2) is 24.6 Å². The van der Waals surface area contributed by atoms with E-state index in [1.807, 2.05) is 32.0 Å². The molecule has 0 spiro atoms. The quantitative estimate of drug-likeness (QED) is 0.754. The normalized spacial score (nSPS) is 27.8. The summed E-state index contributed by atoms with van der Waals surface area (Å²) in [4.78, 5) is 0. The average Bonchev–Trinajstić information content (AvgIpc) is 2.50. The molecule has 0 unspecified atom stereocenters. The highest BCUT2D eigenvalue weighted by Gasteiger charge is 2.46. The maximum Gasteiger partial charge on any atom is 0.163 e. The molecule has 1 aromatic rings. The van der Waals surface area contributed by atoms with Crippen molar-refractivity contribution in [1.29, 1.82) is 0 Å². The fraction of sp³-hybridized carbons (Fsp3) is 0.700. The van der Waals surface area contributed by atoms with Gasteiger partial charge in [0, 0.05) is 11.3 Å². The van der Waals surface area contributed by atoms with Crippen molar-refractivity contribution in [1.82, 2.24) is 0 Å². The first-order valence-electron chi connectivity index (χ1n) is 8.72. The lowest BCUT2D eigenvalue weighted by molar-refractivity contribution is -0.338. The van der Waals surface area contributed by atoms with Gasteiger partial charge >= 0.3 is 0 Å². The van der Waals surface area contributed by atoms with Crippen molar-refractivity contribution in [2.45, 2.75) is 72.6 Å². The first-order chi connectivity index (χ1) is 10.7. The lowest BCUT2D eigenvalue weighted by Crippen LogP contribution is -2.55. The van der Waals surface area contributed by atoms with E-state index in [0.717, 1.165) is 6.42 Å². The van der Waals surface area contributed by atoms with Gasteiger partial charge in [-0.15, -0.1) is 0 Å². The minimum absolute atomic E-state index is 0.0668. The largest absolute Gasteiger partial charge is 0.376 e. The van der Waals surface area contributed by atoms with Crippen molar-refractivity contribution in [3.8, 4) is 0 Å². The van der Waals surface area contributed by atoms with Crippen LogP contribution in [0.25, 0.3) is 0 Å². The minimum Gasteiger partial charge on any atom is -0.376 e. The number of hydrogen-bond acceptors (Lipinski definition) is 3. The van der Waals surface area contributed by atoms with E-state index in [9.17, 15) is 0 Å². The van der Waals surface area contributed by atoms with Gasteiger partial charge in [0.05, 0.1) is 25.4 Å². The summed E-state index contributed by atoms with van der Waals surface area (Å²) < 4.78 is 18.4. The molecule has 0 bridgehead atoms. The Bertz CT molecular complexity index is 481. The number of hydrogen-bond donors (Lipinski definition) is 0. The summed E-state index contributed by atoms with van der Waals surface area (Å²) in [5, 5.41) is 0. The third kappa shape index (κ3) is 4.79. The zero-order valence-corrected chi connectivity index (χ0v) is 15.5. The standard InChI is InChI=1S/C20H32O3/c1-7-17-15(2)18(23-20(5,6)22-17)19(3,4)14-21-13-16-11-9-8-10-12-16/h8-12,15,17-18H,7,13-14H2,1-6H3/t15-,17-,18-/m0/s1. The zero-order valence-electron chi connectivity index (χ0n) is 15.5. The van der Waals surface area contributed by atoms with Gasteiger partial charge in [-0.05, 0) is 25.8 Å². The second-order valence-electron chi connectivity index (χ2n) is 7.83. The third-order valence-corrected chi connectivity index (χ3v) is 4.67. The number of ether oxygens (including phenoxy) is 3. The van der Waals surface area contributed by atoms with E-state index < -0.39 is 5.79 Å². The Kier molecular flexibility index (Phi) is 5.88. The Hall–Kier alpha value is -0.900. The molecule has 1 aliphatic rings. The van der Waals surface area contributed by atoms with E-state index in [4.69, 9.17) is 14.2 Å². The van der Waals surface area contributed by atoms with Crippen LogP contribution < -0.4 is 0 Å². The van der Waals surface area contributed by atoms with Crippen molar-refractivity contribution in [3.05, 3.63) is 35.9 Å². The van der Waals surface area contributed by atoms with Crippen LogP contribution in [0, 0.1) is 11.3 Å². The summed E-state index contributed by atoms with van der Waals surface area (Å²) in [7, 11) is 0. The molecule has 0 radical (unpaired) electrons. The molecule has 130 valence electrons. The van der Waals surface area contributed by atoms with Crippen LogP contribution in [0.4, 0.5) is 0 Å². The monoisotopic (exact) mass is 320 g/mol. The van der Waals surface area contributed by atoms with Crippen LogP contribution in [0.1, 0.15) is 53.5 Å². The fourth-order valence-corrected chi connectivity index (χ4v) is 3.52. The Morgan fingerprint density at radius 2 is 1.78 bits per heavy atom. The lowest BCUT2D eigenvalue weighted by Gasteiger charge is -2.50. The second kappa shape index (κ2) is 7.33. The highest BCUT2D eigenvalue weighted by Crippen LogP contribution is 2.40. The summed E-state index contributed by atoms with van der Waals surface area (Å²) in [6.07, 6.45) is 1.36. The van der Waals surface area contributed by atoms with E-state index >= 15 is 0 Å². The van der Waals surface area contributed by atoms with Gasteiger partial charge in [0.2, 0.25) is 0 Å². The van der Waals surface area contributed by atoms with Crippen LogP contribution in [-0.2, 0) is 20.8 Å². The van der Waals surface area contributed by atoms with Crippen LogP contribution >= 0.6 is 0 Å². The molecular formula is C20H32O3. The van der Waals surface area contributed by atoms with Gasteiger partial charge in [-0.3, -0.25) is 0 Å². The molecule has 0 saturated carbocycles. The Labute approximate surface area is 141 Å². The average molecular weight is 320 g/mol. The lowest BCUT2D eigenvalue weighted by atomic mass is 9.77. The summed E-state index contributed by atoms with van der Waals surface area (Å²) >= 11 is 0. The molecule has 1 aromatic carbocycles. The number of benzene rings is 1. The molecule has 23 heavy (non-hydrogen) atoms. The van der Waals surface area contributed by atoms with Crippen LogP contribution in [0.5, 0.6) is 0 Å². The molecule has 0 amide bonds. The first kappa shape index (κ1) is 18.4. The first-order valence-corrected chi connectivity index (χ1v) is 8.72. The predicted octanol–water partition coefficient (Wildman–Crippen LogP) is 4.80. The molecule has 3 heteroatoms. The molecule has 1 fully saturated rings. The molecule has 3 nitrogen and oxygen atoms in total. The minimum atomic E-state index is -0.533. The van der Waals surface area contributed by atoms with Gasteiger partial charge in [-0.25, -0.2) is 0 Å². The summed E-state index contributed by atoms with van der Waals surface area (Å²) in [5.41, 5.74) is 1.14. The van der Waals surface area contributed by atoms with Crippen molar-refractivity contribution in [3.63, 3.8) is 0 Å². The van der Waals surface area contributed by atoms with Gasteiger partial charge in [-0.2, -0.15) is 0 Å². The highest BCUT2D eigenvalue weighted by molar-refractivity contribution is 5.13. The van der Waals surface area contributed by atoms with E-state index in [0.29, 0.717) is 19.1 Å². The molecule has 0 N–H and O–H groups in total. The van der Waals surface area contributed by atoms with Crippen LogP contribution in [0.2, 0.25) is 0 Å². The van der Waals surface area contributed by atoms with Gasteiger partial charge in [-0.1, -0.05) is 58.0 Å². The highest BCUT2D eigenvalue weighted by atomic mass is 16.7. The molecule has 0 aliphatic carbocycles. The zero-order chi connectivity index (χ0) is 17.1. The number of rotatable bonds is 6. The maximum atomic E-state index is 6.28. The summed E-state index contributed by atoms with van der Waals surface area (Å²) in [5.74, 6) is -0.183. The van der Waals surface area contributed by atoms with Gasteiger partial charge in [0.25, 0.3) is 0 Å². The van der Waals surface area contributed by atoms with E-state index in [1.165, 1.54) is 5.56 Å². The second-order valence-corrected chi connectivity index (χ2v) is 7.83. The topological polar surface area (TPSA) is 27.7 Å². The summed E-state index contributed by atoms with van der Waals surface area (Å²) in [6.45, 7) is 14.2. The van der Waals surface area contributed by atoms with Crippen LogP contribution in [0.3, 0.4) is 0 Å². The molecule has 1 heterocycles. The molecule has 3 atom stereocenters. The smallest absolute Gasteiger partial charge is 0.163 e. The Morgan fingerprint density at radius 3 is 2.39 bits per heavy atom. The SMILES string of the molecule is CC[C@@H]1OC(C)(C)O[C@H](C(C)(C)COCc2ccccc2)[C@H]1C. The molecular weight excluding hydrogens is 288 g/mol. The van der Waals surface area contributed by atoms with Crippen LogP contribution in [0.15, 0.2) is 30.3 Å². The van der Waals surface area contributed by atoms with E-state index in [2.05, 4.69) is 39.8 Å². The maximum absolute atomic E-state index is 6.28. The van der Waals surface area contributed by atoms with Gasteiger partial charge in [0.15, 0.2) is 5.79 Å². The molecule has 0 aromatic heterocycles. The van der Waals surface area contributed by atoms with E-state index in [1.54, 1.807) is 0 Å². The Morgan fingerprint density at radius 1 is 1.13 bits per heavy atom. The van der Waals surface area contributed by atoms with Crippen molar-refractivity contribution in [2.24, 2.45) is 11.3 Å². The van der Waals surface area contributed by atoms with Gasteiger partial charge < -0.3 is 14.2 Å².